The molecule has 6 fully saturated rings. The molecule has 0 aromatic carbocycles. The SMILES string of the molecule is C[C@H]1[C@@H]2[C@@H]3C[C@]4(C[C@]23C)[C@H](O)C[C@H]2[C@@](C)(CCC[C@@]2(C)C(=O)O)[C@H]14. The van der Waals surface area contributed by atoms with E-state index in [0.717, 1.165) is 31.1 Å². The van der Waals surface area contributed by atoms with Crippen LogP contribution < -0.4 is 0 Å². The van der Waals surface area contributed by atoms with Crippen LogP contribution in [0.3, 0.4) is 0 Å². The number of rotatable bonds is 1. The topological polar surface area (TPSA) is 57.5 Å². The van der Waals surface area contributed by atoms with Crippen LogP contribution in [0.25, 0.3) is 0 Å². The van der Waals surface area contributed by atoms with Crippen molar-refractivity contribution in [3.63, 3.8) is 0 Å². The largest absolute Gasteiger partial charge is 0.481 e. The molecule has 0 amide bonds. The Bertz CT molecular complexity index is 631. The lowest BCUT2D eigenvalue weighted by atomic mass is 9.37. The zero-order valence-corrected chi connectivity index (χ0v) is 15.5. The second-order valence-corrected chi connectivity index (χ2v) is 11.0. The fourth-order valence-electron chi connectivity index (χ4n) is 9.68. The number of fused-ring (bicyclic) bond motifs is 1. The van der Waals surface area contributed by atoms with Crippen molar-refractivity contribution in [2.75, 3.05) is 0 Å². The first kappa shape index (κ1) is 15.7. The molecule has 0 aliphatic heterocycles. The van der Waals surface area contributed by atoms with Gasteiger partial charge in [-0.15, -0.1) is 0 Å². The highest BCUT2D eigenvalue weighted by Gasteiger charge is 2.82. The summed E-state index contributed by atoms with van der Waals surface area (Å²) in [5.74, 6) is 2.27. The van der Waals surface area contributed by atoms with Crippen molar-refractivity contribution >= 4 is 5.97 Å². The van der Waals surface area contributed by atoms with Gasteiger partial charge in [-0.2, -0.15) is 0 Å². The molecule has 0 aromatic rings. The summed E-state index contributed by atoms with van der Waals surface area (Å²) in [6.07, 6.45) is 5.75. The summed E-state index contributed by atoms with van der Waals surface area (Å²) in [4.78, 5) is 12.2. The van der Waals surface area contributed by atoms with Crippen LogP contribution >= 0.6 is 0 Å². The first-order valence-electron chi connectivity index (χ1n) is 10.0. The molecule has 0 radical (unpaired) electrons. The van der Waals surface area contributed by atoms with Gasteiger partial charge in [-0.3, -0.25) is 4.79 Å². The van der Waals surface area contributed by atoms with Crippen LogP contribution in [0.4, 0.5) is 0 Å². The lowest BCUT2D eigenvalue weighted by Crippen LogP contribution is -2.66. The third kappa shape index (κ3) is 1.38. The van der Waals surface area contributed by atoms with Gasteiger partial charge in [0.25, 0.3) is 0 Å². The highest BCUT2D eigenvalue weighted by molar-refractivity contribution is 5.75. The van der Waals surface area contributed by atoms with Crippen molar-refractivity contribution in [1.82, 2.24) is 0 Å². The maximum absolute atomic E-state index is 12.2. The molecule has 0 aromatic heterocycles. The normalized spacial score (nSPS) is 66.5. The summed E-state index contributed by atoms with van der Waals surface area (Å²) < 4.78 is 0. The molecular formula is C21H32O3. The van der Waals surface area contributed by atoms with Crippen molar-refractivity contribution in [3.8, 4) is 0 Å². The van der Waals surface area contributed by atoms with Crippen molar-refractivity contribution in [3.05, 3.63) is 0 Å². The summed E-state index contributed by atoms with van der Waals surface area (Å²) in [5.41, 5.74) is -0.0257. The second kappa shape index (κ2) is 4.05. The average molecular weight is 332 g/mol. The summed E-state index contributed by atoms with van der Waals surface area (Å²) in [6.45, 7) is 9.23. The summed E-state index contributed by atoms with van der Waals surface area (Å²) in [5, 5.41) is 21.3. The Morgan fingerprint density at radius 1 is 1.12 bits per heavy atom. The predicted octanol–water partition coefficient (Wildman–Crippen LogP) is 3.95. The van der Waals surface area contributed by atoms with Gasteiger partial charge >= 0.3 is 5.97 Å². The molecule has 3 heteroatoms. The van der Waals surface area contributed by atoms with Crippen molar-refractivity contribution in [2.45, 2.75) is 72.3 Å². The predicted molar refractivity (Wildman–Crippen MR) is 91.2 cm³/mol. The molecule has 0 unspecified atom stereocenters. The van der Waals surface area contributed by atoms with E-state index in [4.69, 9.17) is 0 Å². The highest BCUT2D eigenvalue weighted by atomic mass is 16.4. The van der Waals surface area contributed by atoms with Gasteiger partial charge in [-0.05, 0) is 79.4 Å². The number of aliphatic carboxylic acids is 1. The lowest BCUT2D eigenvalue weighted by Gasteiger charge is -2.68. The molecule has 10 atom stereocenters. The molecule has 0 heterocycles. The van der Waals surface area contributed by atoms with E-state index in [1.165, 1.54) is 12.8 Å². The third-order valence-corrected chi connectivity index (χ3v) is 10.3. The Balaban J connectivity index is 1.63. The van der Waals surface area contributed by atoms with Crippen LogP contribution in [0, 0.1) is 51.2 Å². The van der Waals surface area contributed by atoms with Gasteiger partial charge in [0.2, 0.25) is 0 Å². The van der Waals surface area contributed by atoms with Crippen molar-refractivity contribution in [2.24, 2.45) is 51.2 Å². The number of carboxylic acid groups (broad SMARTS) is 1. The zero-order chi connectivity index (χ0) is 17.3. The molecule has 3 nitrogen and oxygen atoms in total. The fourth-order valence-corrected chi connectivity index (χ4v) is 9.68. The van der Waals surface area contributed by atoms with E-state index in [-0.39, 0.29) is 22.9 Å². The Hall–Kier alpha value is -0.570. The van der Waals surface area contributed by atoms with Gasteiger partial charge in [-0.1, -0.05) is 27.2 Å². The number of carboxylic acids is 1. The summed E-state index contributed by atoms with van der Waals surface area (Å²) >= 11 is 0. The maximum Gasteiger partial charge on any atom is 0.309 e. The minimum atomic E-state index is -0.664. The summed E-state index contributed by atoms with van der Waals surface area (Å²) in [7, 11) is 0. The minimum Gasteiger partial charge on any atom is -0.481 e. The Kier molecular flexibility index (Phi) is 2.64. The molecule has 134 valence electrons. The monoisotopic (exact) mass is 332 g/mol. The molecule has 6 aliphatic carbocycles. The lowest BCUT2D eigenvalue weighted by molar-refractivity contribution is -0.233. The van der Waals surface area contributed by atoms with E-state index in [1.54, 1.807) is 0 Å². The van der Waals surface area contributed by atoms with E-state index in [2.05, 4.69) is 20.8 Å². The molecule has 6 aliphatic rings. The van der Waals surface area contributed by atoms with Crippen LogP contribution in [0.1, 0.15) is 66.2 Å². The van der Waals surface area contributed by atoms with Gasteiger partial charge in [0.1, 0.15) is 0 Å². The zero-order valence-electron chi connectivity index (χ0n) is 15.5. The first-order chi connectivity index (χ1) is 11.1. The third-order valence-electron chi connectivity index (χ3n) is 10.3. The highest BCUT2D eigenvalue weighted by Crippen LogP contribution is 2.87. The van der Waals surface area contributed by atoms with Gasteiger partial charge < -0.3 is 10.2 Å². The fraction of sp³-hybridized carbons (Fsp3) is 0.952. The molecule has 0 saturated heterocycles. The quantitative estimate of drug-likeness (QED) is 0.764. The molecule has 1 spiro atoms. The van der Waals surface area contributed by atoms with Crippen LogP contribution in [0.5, 0.6) is 0 Å². The van der Waals surface area contributed by atoms with Crippen LogP contribution in [-0.2, 0) is 4.79 Å². The number of carbonyl (C=O) groups is 1. The molecule has 6 saturated carbocycles. The molecule has 4 bridgehead atoms. The van der Waals surface area contributed by atoms with E-state index >= 15 is 0 Å². The molecular weight excluding hydrogens is 300 g/mol. The van der Waals surface area contributed by atoms with E-state index in [9.17, 15) is 15.0 Å². The van der Waals surface area contributed by atoms with E-state index < -0.39 is 11.4 Å². The number of aliphatic hydroxyl groups excluding tert-OH is 1. The molecule has 2 N–H and O–H groups in total. The van der Waals surface area contributed by atoms with Crippen LogP contribution in [0.2, 0.25) is 0 Å². The van der Waals surface area contributed by atoms with Gasteiger partial charge in [0.05, 0.1) is 11.5 Å². The minimum absolute atomic E-state index is 0.0790. The molecule has 24 heavy (non-hydrogen) atoms. The number of hydrogen-bond acceptors (Lipinski definition) is 2. The van der Waals surface area contributed by atoms with Crippen LogP contribution in [-0.4, -0.2) is 22.3 Å². The van der Waals surface area contributed by atoms with Crippen LogP contribution in [0.15, 0.2) is 0 Å². The Labute approximate surface area is 145 Å². The van der Waals surface area contributed by atoms with Gasteiger partial charge in [-0.25, -0.2) is 0 Å². The molecule has 6 rings (SSSR count). The van der Waals surface area contributed by atoms with Crippen molar-refractivity contribution in [1.29, 1.82) is 0 Å². The number of aliphatic hydroxyl groups is 1. The summed E-state index contributed by atoms with van der Waals surface area (Å²) in [6, 6.07) is 0. The van der Waals surface area contributed by atoms with E-state index in [0.29, 0.717) is 23.7 Å². The number of hydrogen-bond donors (Lipinski definition) is 2. The second-order valence-electron chi connectivity index (χ2n) is 11.0. The standard InChI is InChI=1S/C21H32O3/c1-11-15-12-9-21(10-20(12,15)4)14(22)8-13-18(2,16(11)21)6-5-7-19(13,3)17(23)24/h11-16,22H,5-10H2,1-4H3,(H,23,24)/t11-,12-,13-,14+,15+,16-,18+,19+,20-,21-/m0/s1. The van der Waals surface area contributed by atoms with E-state index in [1.807, 2.05) is 6.92 Å². The van der Waals surface area contributed by atoms with Gasteiger partial charge in [0, 0.05) is 5.41 Å². The van der Waals surface area contributed by atoms with Gasteiger partial charge in [0.15, 0.2) is 0 Å². The maximum atomic E-state index is 12.2. The van der Waals surface area contributed by atoms with Crippen molar-refractivity contribution < 1.29 is 15.0 Å². The first-order valence-corrected chi connectivity index (χ1v) is 10.0. The Morgan fingerprint density at radius 2 is 1.83 bits per heavy atom. The smallest absolute Gasteiger partial charge is 0.309 e. The Morgan fingerprint density at radius 3 is 2.42 bits per heavy atom. The average Bonchev–Trinajstić information content (AvgIpc) is 2.95.